The molecule has 0 heterocycles. The average molecular weight is 367 g/mol. The van der Waals surface area contributed by atoms with Crippen LogP contribution in [0.2, 0.25) is 5.02 Å². The third-order valence-electron chi connectivity index (χ3n) is 2.44. The van der Waals surface area contributed by atoms with Gasteiger partial charge in [0.2, 0.25) is 0 Å². The van der Waals surface area contributed by atoms with Crippen LogP contribution >= 0.6 is 34.2 Å². The molecular weight excluding hydrogens is 351 g/mol. The Labute approximate surface area is 120 Å². The third-order valence-corrected chi connectivity index (χ3v) is 4.01. The first-order valence-corrected chi connectivity index (χ1v) is 7.00. The molecule has 0 spiro atoms. The molecule has 0 bridgehead atoms. The van der Waals surface area contributed by atoms with Crippen molar-refractivity contribution in [1.29, 1.82) is 0 Å². The van der Waals surface area contributed by atoms with Gasteiger partial charge >= 0.3 is 0 Å². The molecule has 1 atom stereocenters. The van der Waals surface area contributed by atoms with Crippen molar-refractivity contribution in [3.63, 3.8) is 0 Å². The summed E-state index contributed by atoms with van der Waals surface area (Å²) in [5.41, 5.74) is 6.17. The van der Waals surface area contributed by atoms with Crippen molar-refractivity contribution in [2.75, 3.05) is 6.54 Å². The lowest BCUT2D eigenvalue weighted by atomic mass is 10.1. The maximum absolute atomic E-state index is 11.9. The standard InChI is InChI=1S/C12H16ClIN2O/c1-2-3-9(7-15)16-12(17)8-4-5-11(14)10(13)6-8/h4-6,9H,2-3,7,15H2,1H3,(H,16,17). The van der Waals surface area contributed by atoms with Crippen LogP contribution in [0, 0.1) is 3.57 Å². The van der Waals surface area contributed by atoms with Crippen molar-refractivity contribution in [3.8, 4) is 0 Å². The molecule has 0 aromatic heterocycles. The van der Waals surface area contributed by atoms with E-state index in [1.165, 1.54) is 0 Å². The normalized spacial score (nSPS) is 12.2. The molecule has 3 nitrogen and oxygen atoms in total. The fraction of sp³-hybridized carbons (Fsp3) is 0.417. The Balaban J connectivity index is 2.72. The van der Waals surface area contributed by atoms with E-state index in [0.29, 0.717) is 17.1 Å². The van der Waals surface area contributed by atoms with E-state index in [1.54, 1.807) is 12.1 Å². The average Bonchev–Trinajstić information content (AvgIpc) is 2.31. The van der Waals surface area contributed by atoms with E-state index in [-0.39, 0.29) is 11.9 Å². The van der Waals surface area contributed by atoms with Gasteiger partial charge in [-0.3, -0.25) is 4.79 Å². The molecule has 0 aliphatic carbocycles. The maximum Gasteiger partial charge on any atom is 0.251 e. The minimum atomic E-state index is -0.118. The molecule has 3 N–H and O–H groups in total. The quantitative estimate of drug-likeness (QED) is 0.787. The van der Waals surface area contributed by atoms with Crippen LogP contribution in [0.4, 0.5) is 0 Å². The van der Waals surface area contributed by atoms with Crippen LogP contribution in [0.3, 0.4) is 0 Å². The lowest BCUT2D eigenvalue weighted by molar-refractivity contribution is 0.0936. The summed E-state index contributed by atoms with van der Waals surface area (Å²) in [7, 11) is 0. The third kappa shape index (κ3) is 4.44. The number of carbonyl (C=O) groups excluding carboxylic acids is 1. The number of hydrogen-bond donors (Lipinski definition) is 2. The number of hydrogen-bond acceptors (Lipinski definition) is 2. The van der Waals surface area contributed by atoms with E-state index in [0.717, 1.165) is 16.4 Å². The van der Waals surface area contributed by atoms with Crippen LogP contribution in [-0.4, -0.2) is 18.5 Å². The van der Waals surface area contributed by atoms with E-state index in [1.807, 2.05) is 6.07 Å². The van der Waals surface area contributed by atoms with E-state index < -0.39 is 0 Å². The molecule has 1 rings (SSSR count). The van der Waals surface area contributed by atoms with Gasteiger partial charge in [-0.1, -0.05) is 24.9 Å². The number of halogens is 2. The largest absolute Gasteiger partial charge is 0.348 e. The summed E-state index contributed by atoms with van der Waals surface area (Å²) >= 11 is 8.10. The van der Waals surface area contributed by atoms with E-state index in [4.69, 9.17) is 17.3 Å². The van der Waals surface area contributed by atoms with Crippen LogP contribution in [0.1, 0.15) is 30.1 Å². The lowest BCUT2D eigenvalue weighted by Gasteiger charge is -2.16. The molecule has 1 aromatic rings. The minimum Gasteiger partial charge on any atom is -0.348 e. The smallest absolute Gasteiger partial charge is 0.251 e. The first-order valence-electron chi connectivity index (χ1n) is 5.54. The second kappa shape index (κ2) is 7.18. The molecule has 0 saturated carbocycles. The number of amides is 1. The van der Waals surface area contributed by atoms with Gasteiger partial charge in [-0.25, -0.2) is 0 Å². The fourth-order valence-electron chi connectivity index (χ4n) is 1.50. The molecule has 0 aliphatic heterocycles. The highest BCUT2D eigenvalue weighted by Gasteiger charge is 2.12. The monoisotopic (exact) mass is 366 g/mol. The summed E-state index contributed by atoms with van der Waals surface area (Å²) in [6.45, 7) is 2.52. The molecular formula is C12H16ClIN2O. The van der Waals surface area contributed by atoms with Crippen LogP contribution in [0.15, 0.2) is 18.2 Å². The summed E-state index contributed by atoms with van der Waals surface area (Å²) in [4.78, 5) is 11.9. The second-order valence-corrected chi connectivity index (χ2v) is 5.39. The van der Waals surface area contributed by atoms with E-state index in [2.05, 4.69) is 34.8 Å². The van der Waals surface area contributed by atoms with E-state index in [9.17, 15) is 4.79 Å². The molecule has 1 unspecified atom stereocenters. The Bertz CT molecular complexity index is 398. The molecule has 1 amide bonds. The van der Waals surface area contributed by atoms with Crippen molar-refractivity contribution in [2.24, 2.45) is 5.73 Å². The topological polar surface area (TPSA) is 55.1 Å². The van der Waals surface area contributed by atoms with Gasteiger partial charge in [-0.15, -0.1) is 0 Å². The van der Waals surface area contributed by atoms with Crippen molar-refractivity contribution in [2.45, 2.75) is 25.8 Å². The predicted octanol–water partition coefficient (Wildman–Crippen LogP) is 2.80. The Morgan fingerprint density at radius 3 is 2.82 bits per heavy atom. The number of benzene rings is 1. The zero-order valence-electron chi connectivity index (χ0n) is 9.67. The Hall–Kier alpha value is -0.330. The highest BCUT2D eigenvalue weighted by atomic mass is 127. The Kier molecular flexibility index (Phi) is 6.22. The number of nitrogens with two attached hydrogens (primary N) is 1. The lowest BCUT2D eigenvalue weighted by Crippen LogP contribution is -2.40. The highest BCUT2D eigenvalue weighted by Crippen LogP contribution is 2.19. The van der Waals surface area contributed by atoms with Gasteiger partial charge in [0.25, 0.3) is 5.91 Å². The molecule has 0 radical (unpaired) electrons. The summed E-state index contributed by atoms with van der Waals surface area (Å²) in [5.74, 6) is -0.118. The maximum atomic E-state index is 11.9. The Morgan fingerprint density at radius 1 is 1.59 bits per heavy atom. The number of nitrogens with one attached hydrogen (secondary N) is 1. The molecule has 0 saturated heterocycles. The van der Waals surface area contributed by atoms with Gasteiger partial charge in [0.15, 0.2) is 0 Å². The summed E-state index contributed by atoms with van der Waals surface area (Å²) in [6.07, 6.45) is 1.88. The van der Waals surface area contributed by atoms with Gasteiger partial charge in [-0.2, -0.15) is 0 Å². The molecule has 5 heteroatoms. The van der Waals surface area contributed by atoms with E-state index >= 15 is 0 Å². The summed E-state index contributed by atoms with van der Waals surface area (Å²) in [5, 5.41) is 3.50. The summed E-state index contributed by atoms with van der Waals surface area (Å²) in [6, 6.07) is 5.31. The molecule has 1 aromatic carbocycles. The van der Waals surface area contributed by atoms with Crippen LogP contribution in [0.5, 0.6) is 0 Å². The first kappa shape index (κ1) is 14.7. The van der Waals surface area contributed by atoms with Gasteiger partial charge in [-0.05, 0) is 47.2 Å². The van der Waals surface area contributed by atoms with Gasteiger partial charge in [0, 0.05) is 21.7 Å². The highest BCUT2D eigenvalue weighted by molar-refractivity contribution is 14.1. The zero-order chi connectivity index (χ0) is 12.8. The number of rotatable bonds is 5. The van der Waals surface area contributed by atoms with Gasteiger partial charge in [0.05, 0.1) is 5.02 Å². The SMILES string of the molecule is CCCC(CN)NC(=O)c1ccc(I)c(Cl)c1. The molecule has 94 valence electrons. The van der Waals surface area contributed by atoms with Gasteiger partial charge < -0.3 is 11.1 Å². The fourth-order valence-corrected chi connectivity index (χ4v) is 2.02. The van der Waals surface area contributed by atoms with Gasteiger partial charge in [0.1, 0.15) is 0 Å². The molecule has 17 heavy (non-hydrogen) atoms. The molecule has 0 aliphatic rings. The van der Waals surface area contributed by atoms with Crippen LogP contribution in [0.25, 0.3) is 0 Å². The second-order valence-electron chi connectivity index (χ2n) is 3.82. The zero-order valence-corrected chi connectivity index (χ0v) is 12.6. The van der Waals surface area contributed by atoms with Crippen LogP contribution < -0.4 is 11.1 Å². The number of carbonyl (C=O) groups is 1. The van der Waals surface area contributed by atoms with Crippen LogP contribution in [-0.2, 0) is 0 Å². The van der Waals surface area contributed by atoms with Crippen molar-refractivity contribution >= 4 is 40.1 Å². The summed E-state index contributed by atoms with van der Waals surface area (Å²) < 4.78 is 0.935. The van der Waals surface area contributed by atoms with Crippen molar-refractivity contribution in [3.05, 3.63) is 32.4 Å². The molecule has 0 fully saturated rings. The predicted molar refractivity (Wildman–Crippen MR) is 79.4 cm³/mol. The Morgan fingerprint density at radius 2 is 2.29 bits per heavy atom. The van der Waals surface area contributed by atoms with Crippen molar-refractivity contribution < 1.29 is 4.79 Å². The van der Waals surface area contributed by atoms with Crippen molar-refractivity contribution in [1.82, 2.24) is 5.32 Å². The minimum absolute atomic E-state index is 0.0329. The first-order chi connectivity index (χ1) is 8.08.